The molecule has 1 saturated heterocycles. The molecular formula is C17H27NO. The van der Waals surface area contributed by atoms with Gasteiger partial charge in [-0.3, -0.25) is 0 Å². The fraction of sp³-hybridized carbons (Fsp3) is 0.647. The van der Waals surface area contributed by atoms with Gasteiger partial charge < -0.3 is 10.1 Å². The minimum Gasteiger partial charge on any atom is -0.367 e. The number of nitrogens with one attached hydrogen (secondary N) is 1. The van der Waals surface area contributed by atoms with Crippen molar-refractivity contribution in [1.29, 1.82) is 0 Å². The Morgan fingerprint density at radius 3 is 2.32 bits per heavy atom. The molecule has 19 heavy (non-hydrogen) atoms. The second-order valence-electron chi connectivity index (χ2n) is 5.82. The van der Waals surface area contributed by atoms with E-state index in [0.29, 0.717) is 12.0 Å². The van der Waals surface area contributed by atoms with Gasteiger partial charge in [0.15, 0.2) is 0 Å². The highest BCUT2D eigenvalue weighted by Crippen LogP contribution is 2.28. The molecule has 1 heterocycles. The number of rotatable bonds is 4. The topological polar surface area (TPSA) is 21.3 Å². The SMILES string of the molecule is CCC(CC)C1CNCC(c2cc(C)cc(C)c2)O1. The molecule has 0 aliphatic carbocycles. The average molecular weight is 261 g/mol. The van der Waals surface area contributed by atoms with E-state index >= 15 is 0 Å². The summed E-state index contributed by atoms with van der Waals surface area (Å²) in [6.07, 6.45) is 2.96. The van der Waals surface area contributed by atoms with Crippen LogP contribution in [-0.2, 0) is 4.74 Å². The normalized spacial score (nSPS) is 23.8. The Morgan fingerprint density at radius 2 is 1.74 bits per heavy atom. The highest BCUT2D eigenvalue weighted by Gasteiger charge is 2.28. The molecule has 0 amide bonds. The zero-order valence-corrected chi connectivity index (χ0v) is 12.7. The van der Waals surface area contributed by atoms with Gasteiger partial charge in [-0.05, 0) is 25.3 Å². The van der Waals surface area contributed by atoms with Crippen LogP contribution in [0, 0.1) is 19.8 Å². The summed E-state index contributed by atoms with van der Waals surface area (Å²) >= 11 is 0. The second kappa shape index (κ2) is 6.53. The Labute approximate surface area is 117 Å². The summed E-state index contributed by atoms with van der Waals surface area (Å²) in [5.74, 6) is 0.668. The van der Waals surface area contributed by atoms with Gasteiger partial charge in [0, 0.05) is 13.1 Å². The molecule has 2 rings (SSSR count). The number of aryl methyl sites for hydroxylation is 2. The lowest BCUT2D eigenvalue weighted by atomic mass is 9.94. The zero-order chi connectivity index (χ0) is 13.8. The minimum absolute atomic E-state index is 0.206. The lowest BCUT2D eigenvalue weighted by molar-refractivity contribution is -0.0688. The molecule has 2 unspecified atom stereocenters. The van der Waals surface area contributed by atoms with Crippen molar-refractivity contribution in [3.8, 4) is 0 Å². The van der Waals surface area contributed by atoms with Gasteiger partial charge in [-0.25, -0.2) is 0 Å². The van der Waals surface area contributed by atoms with Crippen molar-refractivity contribution in [3.63, 3.8) is 0 Å². The Morgan fingerprint density at radius 1 is 1.11 bits per heavy atom. The predicted molar refractivity (Wildman–Crippen MR) is 80.5 cm³/mol. The number of benzene rings is 1. The van der Waals surface area contributed by atoms with E-state index in [9.17, 15) is 0 Å². The van der Waals surface area contributed by atoms with Gasteiger partial charge in [-0.1, -0.05) is 56.0 Å². The van der Waals surface area contributed by atoms with Gasteiger partial charge in [0.2, 0.25) is 0 Å². The summed E-state index contributed by atoms with van der Waals surface area (Å²) in [5, 5.41) is 3.55. The maximum absolute atomic E-state index is 6.36. The van der Waals surface area contributed by atoms with E-state index in [1.165, 1.54) is 29.5 Å². The van der Waals surface area contributed by atoms with Crippen LogP contribution in [0.25, 0.3) is 0 Å². The molecule has 1 aliphatic rings. The van der Waals surface area contributed by atoms with Crippen LogP contribution < -0.4 is 5.32 Å². The van der Waals surface area contributed by atoms with E-state index in [0.717, 1.165) is 13.1 Å². The molecule has 1 N–H and O–H groups in total. The molecule has 2 nitrogen and oxygen atoms in total. The molecule has 0 spiro atoms. The van der Waals surface area contributed by atoms with Crippen LogP contribution >= 0.6 is 0 Å². The zero-order valence-electron chi connectivity index (χ0n) is 12.7. The molecule has 1 aromatic carbocycles. The fourth-order valence-corrected chi connectivity index (χ4v) is 3.15. The summed E-state index contributed by atoms with van der Waals surface area (Å²) < 4.78 is 6.36. The van der Waals surface area contributed by atoms with E-state index < -0.39 is 0 Å². The van der Waals surface area contributed by atoms with Gasteiger partial charge in [-0.2, -0.15) is 0 Å². The first kappa shape index (κ1) is 14.5. The Balaban J connectivity index is 2.12. The van der Waals surface area contributed by atoms with Crippen LogP contribution in [0.4, 0.5) is 0 Å². The van der Waals surface area contributed by atoms with E-state index in [-0.39, 0.29) is 6.10 Å². The summed E-state index contributed by atoms with van der Waals surface area (Å²) in [4.78, 5) is 0. The van der Waals surface area contributed by atoms with Gasteiger partial charge >= 0.3 is 0 Å². The van der Waals surface area contributed by atoms with E-state index in [1.807, 2.05) is 0 Å². The summed E-state index contributed by atoms with van der Waals surface area (Å²) in [6.45, 7) is 10.8. The largest absolute Gasteiger partial charge is 0.367 e. The van der Waals surface area contributed by atoms with Crippen LogP contribution in [0.3, 0.4) is 0 Å². The van der Waals surface area contributed by atoms with Crippen molar-refractivity contribution < 1.29 is 4.74 Å². The number of hydrogen-bond donors (Lipinski definition) is 1. The quantitative estimate of drug-likeness (QED) is 0.891. The van der Waals surface area contributed by atoms with Crippen molar-refractivity contribution in [1.82, 2.24) is 5.32 Å². The van der Waals surface area contributed by atoms with Crippen LogP contribution in [-0.4, -0.2) is 19.2 Å². The average Bonchev–Trinajstić information content (AvgIpc) is 2.39. The Kier molecular flexibility index (Phi) is 5.00. The molecule has 1 aromatic rings. The lowest BCUT2D eigenvalue weighted by Crippen LogP contribution is -2.44. The van der Waals surface area contributed by atoms with Gasteiger partial charge in [0.05, 0.1) is 12.2 Å². The highest BCUT2D eigenvalue weighted by molar-refractivity contribution is 5.30. The second-order valence-corrected chi connectivity index (χ2v) is 5.82. The van der Waals surface area contributed by atoms with Gasteiger partial charge in [-0.15, -0.1) is 0 Å². The molecular weight excluding hydrogens is 234 g/mol. The summed E-state index contributed by atoms with van der Waals surface area (Å²) in [7, 11) is 0. The van der Waals surface area contributed by atoms with Crippen molar-refractivity contribution in [2.24, 2.45) is 5.92 Å². The third-order valence-corrected chi connectivity index (χ3v) is 4.20. The van der Waals surface area contributed by atoms with Gasteiger partial charge in [0.1, 0.15) is 0 Å². The minimum atomic E-state index is 0.206. The molecule has 0 saturated carbocycles. The summed E-state index contributed by atoms with van der Waals surface area (Å²) in [5.41, 5.74) is 3.96. The molecule has 2 heteroatoms. The molecule has 1 fully saturated rings. The predicted octanol–water partition coefficient (Wildman–Crippen LogP) is 3.77. The standard InChI is InChI=1S/C17H27NO/c1-5-14(6-2)16-10-18-11-17(19-16)15-8-12(3)7-13(4)9-15/h7-9,14,16-18H,5-6,10-11H2,1-4H3. The highest BCUT2D eigenvalue weighted by atomic mass is 16.5. The van der Waals surface area contributed by atoms with Crippen LogP contribution in [0.2, 0.25) is 0 Å². The number of hydrogen-bond acceptors (Lipinski definition) is 2. The van der Waals surface area contributed by atoms with Crippen molar-refractivity contribution >= 4 is 0 Å². The Hall–Kier alpha value is -0.860. The molecule has 2 atom stereocenters. The number of morpholine rings is 1. The third kappa shape index (κ3) is 3.58. The molecule has 0 bridgehead atoms. The van der Waals surface area contributed by atoms with Crippen LogP contribution in [0.5, 0.6) is 0 Å². The monoisotopic (exact) mass is 261 g/mol. The first-order chi connectivity index (χ1) is 9.13. The lowest BCUT2D eigenvalue weighted by Gasteiger charge is -2.35. The summed E-state index contributed by atoms with van der Waals surface area (Å²) in [6, 6.07) is 6.74. The third-order valence-electron chi connectivity index (χ3n) is 4.20. The van der Waals surface area contributed by atoms with Crippen molar-refractivity contribution in [3.05, 3.63) is 34.9 Å². The molecule has 106 valence electrons. The van der Waals surface area contributed by atoms with Gasteiger partial charge in [0.25, 0.3) is 0 Å². The van der Waals surface area contributed by atoms with Crippen LogP contribution in [0.15, 0.2) is 18.2 Å². The number of ether oxygens (including phenoxy) is 1. The molecule has 1 aliphatic heterocycles. The fourth-order valence-electron chi connectivity index (χ4n) is 3.15. The van der Waals surface area contributed by atoms with E-state index in [1.54, 1.807) is 0 Å². The first-order valence-electron chi connectivity index (χ1n) is 7.58. The smallest absolute Gasteiger partial charge is 0.0953 e. The maximum Gasteiger partial charge on any atom is 0.0953 e. The molecule has 0 radical (unpaired) electrons. The van der Waals surface area contributed by atoms with E-state index in [2.05, 4.69) is 51.2 Å². The maximum atomic E-state index is 6.36. The van der Waals surface area contributed by atoms with Crippen LogP contribution in [0.1, 0.15) is 49.5 Å². The Bertz CT molecular complexity index is 391. The van der Waals surface area contributed by atoms with Crippen molar-refractivity contribution in [2.75, 3.05) is 13.1 Å². The first-order valence-corrected chi connectivity index (χ1v) is 7.58. The van der Waals surface area contributed by atoms with E-state index in [4.69, 9.17) is 4.74 Å². The van der Waals surface area contributed by atoms with Crippen molar-refractivity contribution in [2.45, 2.75) is 52.7 Å². The molecule has 0 aromatic heterocycles.